The highest BCUT2D eigenvalue weighted by molar-refractivity contribution is 5.92. The van der Waals surface area contributed by atoms with Crippen LogP contribution < -0.4 is 5.32 Å². The molecule has 0 radical (unpaired) electrons. The molecule has 1 saturated heterocycles. The first-order valence-electron chi connectivity index (χ1n) is 10.4. The third-order valence-electron chi connectivity index (χ3n) is 5.26. The largest absolute Gasteiger partial charge is 0.379 e. The smallest absolute Gasteiger partial charge is 0.273 e. The van der Waals surface area contributed by atoms with Crippen molar-refractivity contribution in [2.45, 2.75) is 19.9 Å². The minimum absolute atomic E-state index is 0.208. The molecule has 2 heterocycles. The summed E-state index contributed by atoms with van der Waals surface area (Å²) in [6.45, 7) is 7.06. The van der Waals surface area contributed by atoms with Crippen LogP contribution in [0.25, 0.3) is 11.1 Å². The first kappa shape index (κ1) is 20.3. The molecule has 4 rings (SSSR count). The van der Waals surface area contributed by atoms with Crippen LogP contribution in [-0.4, -0.2) is 48.8 Å². The van der Waals surface area contributed by atoms with Gasteiger partial charge in [0, 0.05) is 38.7 Å². The number of rotatable bonds is 7. The Labute approximate surface area is 176 Å². The van der Waals surface area contributed by atoms with E-state index >= 15 is 0 Å². The molecule has 0 atom stereocenters. The van der Waals surface area contributed by atoms with Crippen molar-refractivity contribution in [3.8, 4) is 11.1 Å². The quantitative estimate of drug-likeness (QED) is 0.652. The normalized spacial score (nSPS) is 14.6. The Morgan fingerprint density at radius 1 is 1.00 bits per heavy atom. The Kier molecular flexibility index (Phi) is 6.57. The summed E-state index contributed by atoms with van der Waals surface area (Å²) in [4.78, 5) is 14.2. The minimum atomic E-state index is -0.208. The van der Waals surface area contributed by atoms with Crippen LogP contribution in [0.4, 0.5) is 0 Å². The monoisotopic (exact) mass is 405 g/mol. The van der Waals surface area contributed by atoms with Crippen LogP contribution in [0.2, 0.25) is 0 Å². The number of nitrogens with zero attached hydrogens (tertiary/aromatic N) is 2. The molecule has 156 valence electrons. The Bertz CT molecular complexity index is 958. The highest BCUT2D eigenvalue weighted by atomic mass is 16.5. The number of hydrogen-bond donors (Lipinski definition) is 1. The van der Waals surface area contributed by atoms with Crippen LogP contribution in [0.3, 0.4) is 0 Å². The van der Waals surface area contributed by atoms with E-state index in [1.54, 1.807) is 6.07 Å². The topological polar surface area (TPSA) is 67.6 Å². The van der Waals surface area contributed by atoms with Crippen LogP contribution in [0.15, 0.2) is 59.1 Å². The van der Waals surface area contributed by atoms with Crippen molar-refractivity contribution in [2.75, 3.05) is 32.8 Å². The second kappa shape index (κ2) is 9.69. The summed E-state index contributed by atoms with van der Waals surface area (Å²) in [5, 5.41) is 6.57. The van der Waals surface area contributed by atoms with E-state index in [-0.39, 0.29) is 5.91 Å². The van der Waals surface area contributed by atoms with Gasteiger partial charge in [0.1, 0.15) is 5.76 Å². The summed E-state index contributed by atoms with van der Waals surface area (Å²) < 4.78 is 10.7. The third-order valence-corrected chi connectivity index (χ3v) is 5.26. The number of hydrogen-bond acceptors (Lipinski definition) is 5. The zero-order chi connectivity index (χ0) is 20.8. The lowest BCUT2D eigenvalue weighted by Gasteiger charge is -2.26. The fraction of sp³-hybridized carbons (Fsp3) is 0.333. The summed E-state index contributed by atoms with van der Waals surface area (Å²) in [6.07, 6.45) is 0.602. The van der Waals surface area contributed by atoms with E-state index < -0.39 is 0 Å². The van der Waals surface area contributed by atoms with Gasteiger partial charge in [-0.15, -0.1) is 0 Å². The molecule has 1 N–H and O–H groups in total. The van der Waals surface area contributed by atoms with E-state index in [2.05, 4.69) is 63.9 Å². The van der Waals surface area contributed by atoms with Crippen molar-refractivity contribution in [3.05, 3.63) is 77.2 Å². The number of morpholine rings is 1. The van der Waals surface area contributed by atoms with E-state index in [0.717, 1.165) is 38.4 Å². The lowest BCUT2D eigenvalue weighted by molar-refractivity contribution is 0.0342. The standard InChI is InChI=1S/C24H27N3O3/c1-2-25-24(28)23-16-22(30-26-23)15-18-3-7-20(8-4-18)21-9-5-19(6-10-21)17-27-11-13-29-14-12-27/h3-10,16H,2,11-15,17H2,1H3,(H,25,28). The lowest BCUT2D eigenvalue weighted by atomic mass is 10.0. The van der Waals surface area contributed by atoms with Gasteiger partial charge in [-0.1, -0.05) is 53.7 Å². The number of carbonyl (C=O) groups excluding carboxylic acids is 1. The van der Waals surface area contributed by atoms with E-state index in [9.17, 15) is 4.79 Å². The van der Waals surface area contributed by atoms with Crippen LogP contribution in [-0.2, 0) is 17.7 Å². The highest BCUT2D eigenvalue weighted by Gasteiger charge is 2.12. The SMILES string of the molecule is CCNC(=O)c1cc(Cc2ccc(-c3ccc(CN4CCOCC4)cc3)cc2)on1. The first-order valence-corrected chi connectivity index (χ1v) is 10.4. The van der Waals surface area contributed by atoms with E-state index in [1.807, 2.05) is 6.92 Å². The average Bonchev–Trinajstić information content (AvgIpc) is 3.25. The van der Waals surface area contributed by atoms with Gasteiger partial charge in [-0.25, -0.2) is 0 Å². The predicted molar refractivity (Wildman–Crippen MR) is 115 cm³/mol. The van der Waals surface area contributed by atoms with Crippen molar-refractivity contribution < 1.29 is 14.1 Å². The molecule has 1 aliphatic rings. The molecule has 0 bridgehead atoms. The number of aromatic nitrogens is 1. The zero-order valence-electron chi connectivity index (χ0n) is 17.3. The number of carbonyl (C=O) groups is 1. The second-order valence-corrected chi connectivity index (χ2v) is 7.50. The minimum Gasteiger partial charge on any atom is -0.379 e. The maximum absolute atomic E-state index is 11.8. The molecule has 1 fully saturated rings. The zero-order valence-corrected chi connectivity index (χ0v) is 17.3. The van der Waals surface area contributed by atoms with E-state index in [4.69, 9.17) is 9.26 Å². The van der Waals surface area contributed by atoms with Gasteiger partial charge in [0.2, 0.25) is 0 Å². The summed E-state index contributed by atoms with van der Waals surface area (Å²) in [5.74, 6) is 0.469. The van der Waals surface area contributed by atoms with Crippen LogP contribution >= 0.6 is 0 Å². The molecule has 1 aromatic heterocycles. The number of nitrogens with one attached hydrogen (secondary N) is 1. The number of amides is 1. The maximum atomic E-state index is 11.8. The summed E-state index contributed by atoms with van der Waals surface area (Å²) >= 11 is 0. The second-order valence-electron chi connectivity index (χ2n) is 7.50. The Hall–Kier alpha value is -2.96. The molecule has 30 heavy (non-hydrogen) atoms. The van der Waals surface area contributed by atoms with Gasteiger partial charge in [-0.05, 0) is 29.2 Å². The third kappa shape index (κ3) is 5.14. The first-order chi connectivity index (χ1) is 14.7. The fourth-order valence-electron chi connectivity index (χ4n) is 3.59. The fourth-order valence-corrected chi connectivity index (χ4v) is 3.59. The molecular weight excluding hydrogens is 378 g/mol. The van der Waals surface area contributed by atoms with Gasteiger partial charge in [0.05, 0.1) is 13.2 Å². The van der Waals surface area contributed by atoms with Crippen molar-refractivity contribution >= 4 is 5.91 Å². The van der Waals surface area contributed by atoms with Gasteiger partial charge in [-0.2, -0.15) is 0 Å². The summed E-state index contributed by atoms with van der Waals surface area (Å²) in [6, 6.07) is 18.9. The van der Waals surface area contributed by atoms with Crippen LogP contribution in [0.1, 0.15) is 34.3 Å². The Balaban J connectivity index is 1.36. The van der Waals surface area contributed by atoms with Crippen molar-refractivity contribution in [1.82, 2.24) is 15.4 Å². The van der Waals surface area contributed by atoms with Gasteiger partial charge < -0.3 is 14.6 Å². The van der Waals surface area contributed by atoms with Gasteiger partial charge in [0.25, 0.3) is 5.91 Å². The van der Waals surface area contributed by atoms with Gasteiger partial charge >= 0.3 is 0 Å². The molecule has 0 spiro atoms. The van der Waals surface area contributed by atoms with Gasteiger partial charge in [-0.3, -0.25) is 9.69 Å². The molecule has 2 aromatic carbocycles. The highest BCUT2D eigenvalue weighted by Crippen LogP contribution is 2.22. The molecular formula is C24H27N3O3. The molecule has 1 aliphatic heterocycles. The molecule has 3 aromatic rings. The van der Waals surface area contributed by atoms with Crippen molar-refractivity contribution in [3.63, 3.8) is 0 Å². The molecule has 0 aliphatic carbocycles. The molecule has 6 heteroatoms. The van der Waals surface area contributed by atoms with E-state index in [0.29, 0.717) is 24.4 Å². The number of benzene rings is 2. The predicted octanol–water partition coefficient (Wildman–Crippen LogP) is 3.51. The van der Waals surface area contributed by atoms with Crippen LogP contribution in [0, 0.1) is 0 Å². The average molecular weight is 405 g/mol. The molecule has 0 saturated carbocycles. The Morgan fingerprint density at radius 2 is 1.63 bits per heavy atom. The summed E-state index contributed by atoms with van der Waals surface area (Å²) in [5.41, 5.74) is 5.13. The van der Waals surface area contributed by atoms with Crippen molar-refractivity contribution in [1.29, 1.82) is 0 Å². The van der Waals surface area contributed by atoms with E-state index in [1.165, 1.54) is 16.7 Å². The maximum Gasteiger partial charge on any atom is 0.273 e. The van der Waals surface area contributed by atoms with Crippen LogP contribution in [0.5, 0.6) is 0 Å². The lowest BCUT2D eigenvalue weighted by Crippen LogP contribution is -2.35. The van der Waals surface area contributed by atoms with Crippen molar-refractivity contribution in [2.24, 2.45) is 0 Å². The van der Waals surface area contributed by atoms with Gasteiger partial charge in [0.15, 0.2) is 5.69 Å². The Morgan fingerprint density at radius 3 is 2.27 bits per heavy atom. The molecule has 0 unspecified atom stereocenters. The summed E-state index contributed by atoms with van der Waals surface area (Å²) in [7, 11) is 0. The molecule has 1 amide bonds. The molecule has 6 nitrogen and oxygen atoms in total. The number of ether oxygens (including phenoxy) is 1.